The van der Waals surface area contributed by atoms with Crippen LogP contribution in [0.5, 0.6) is 0 Å². The summed E-state index contributed by atoms with van der Waals surface area (Å²) in [7, 11) is -3.18. The lowest BCUT2D eigenvalue weighted by molar-refractivity contribution is -0.133. The maximum Gasteiger partial charge on any atom is 0.331 e. The number of hydrogen-bond donors (Lipinski definition) is 1. The smallest absolute Gasteiger partial charge is 0.331 e. The molecule has 0 aliphatic carbocycles. The van der Waals surface area contributed by atoms with Gasteiger partial charge in [-0.15, -0.1) is 0 Å². The van der Waals surface area contributed by atoms with E-state index in [-0.39, 0.29) is 11.3 Å². The first-order valence-electron chi connectivity index (χ1n) is 4.34. The molecule has 5 heteroatoms. The fourth-order valence-electron chi connectivity index (χ4n) is 1.84. The van der Waals surface area contributed by atoms with Crippen molar-refractivity contribution in [3.63, 3.8) is 0 Å². The van der Waals surface area contributed by atoms with Gasteiger partial charge in [0.1, 0.15) is 0 Å². The lowest BCUT2D eigenvalue weighted by Crippen LogP contribution is -2.35. The molecular formula is C9H14O4S. The third-order valence-corrected chi connectivity index (χ3v) is 5.67. The van der Waals surface area contributed by atoms with E-state index < -0.39 is 26.5 Å². The molecule has 0 aromatic carbocycles. The van der Waals surface area contributed by atoms with E-state index in [1.165, 1.54) is 0 Å². The summed E-state index contributed by atoms with van der Waals surface area (Å²) in [5, 5.41) is 8.75. The second-order valence-corrected chi connectivity index (χ2v) is 6.78. The van der Waals surface area contributed by atoms with Crippen LogP contribution in [0.15, 0.2) is 12.2 Å². The van der Waals surface area contributed by atoms with E-state index in [4.69, 9.17) is 5.11 Å². The standard InChI is InChI=1S/C9H14O4S/c1-6(8(10)11)7-4-5-14(12,13)9(7,2)3/h7H,1,4-5H2,2-3H3,(H,10,11). The Kier molecular flexibility index (Phi) is 2.48. The molecule has 1 fully saturated rings. The number of rotatable bonds is 2. The average Bonchev–Trinajstić information content (AvgIpc) is 2.21. The molecule has 4 nitrogen and oxygen atoms in total. The van der Waals surface area contributed by atoms with Crippen molar-refractivity contribution >= 4 is 15.8 Å². The Labute approximate surface area is 83.5 Å². The molecule has 0 aromatic rings. The van der Waals surface area contributed by atoms with Crippen LogP contribution in [0, 0.1) is 5.92 Å². The number of sulfone groups is 1. The Morgan fingerprint density at radius 3 is 2.29 bits per heavy atom. The zero-order valence-electron chi connectivity index (χ0n) is 8.28. The van der Waals surface area contributed by atoms with Gasteiger partial charge in [0.2, 0.25) is 0 Å². The van der Waals surface area contributed by atoms with E-state index in [1.54, 1.807) is 13.8 Å². The summed E-state index contributed by atoms with van der Waals surface area (Å²) in [6, 6.07) is 0. The number of carboxylic acid groups (broad SMARTS) is 1. The Morgan fingerprint density at radius 1 is 1.50 bits per heavy atom. The molecule has 1 aliphatic rings. The maximum absolute atomic E-state index is 11.6. The predicted octanol–water partition coefficient (Wildman–Crippen LogP) is 0.840. The largest absolute Gasteiger partial charge is 0.478 e. The lowest BCUT2D eigenvalue weighted by Gasteiger charge is -2.25. The van der Waals surface area contributed by atoms with Gasteiger partial charge in [0, 0.05) is 11.5 Å². The zero-order chi connectivity index (χ0) is 11.1. The molecule has 14 heavy (non-hydrogen) atoms. The van der Waals surface area contributed by atoms with Gasteiger partial charge < -0.3 is 5.11 Å². The number of hydrogen-bond acceptors (Lipinski definition) is 3. The summed E-state index contributed by atoms with van der Waals surface area (Å²) < 4.78 is 22.2. The van der Waals surface area contributed by atoms with Crippen molar-refractivity contribution < 1.29 is 18.3 Å². The van der Waals surface area contributed by atoms with E-state index in [2.05, 4.69) is 6.58 Å². The Balaban J connectivity index is 3.08. The molecule has 1 aliphatic heterocycles. The van der Waals surface area contributed by atoms with Crippen LogP contribution >= 0.6 is 0 Å². The summed E-state index contributed by atoms with van der Waals surface area (Å²) in [6.45, 7) is 6.56. The van der Waals surface area contributed by atoms with Crippen LogP contribution in [-0.4, -0.2) is 30.0 Å². The van der Waals surface area contributed by atoms with E-state index in [1.807, 2.05) is 0 Å². The van der Waals surface area contributed by atoms with Gasteiger partial charge in [0.25, 0.3) is 0 Å². The average molecular weight is 218 g/mol. The molecule has 0 bridgehead atoms. The molecular weight excluding hydrogens is 204 g/mol. The first-order chi connectivity index (χ1) is 6.20. The van der Waals surface area contributed by atoms with Crippen molar-refractivity contribution in [3.8, 4) is 0 Å². The molecule has 1 saturated heterocycles. The minimum absolute atomic E-state index is 0.00363. The normalized spacial score (nSPS) is 28.6. The summed E-state index contributed by atoms with van der Waals surface area (Å²) in [5.74, 6) is -1.53. The fraction of sp³-hybridized carbons (Fsp3) is 0.667. The topological polar surface area (TPSA) is 71.4 Å². The molecule has 1 rings (SSSR count). The van der Waals surface area contributed by atoms with Crippen molar-refractivity contribution in [1.29, 1.82) is 0 Å². The second kappa shape index (κ2) is 3.08. The molecule has 0 spiro atoms. The second-order valence-electron chi connectivity index (χ2n) is 4.09. The number of carbonyl (C=O) groups is 1. The highest BCUT2D eigenvalue weighted by Gasteiger charge is 2.49. The molecule has 1 atom stereocenters. The van der Waals surface area contributed by atoms with Gasteiger partial charge >= 0.3 is 5.97 Å². The molecule has 0 radical (unpaired) electrons. The van der Waals surface area contributed by atoms with E-state index in [0.29, 0.717) is 6.42 Å². The fourth-order valence-corrected chi connectivity index (χ4v) is 3.61. The lowest BCUT2D eigenvalue weighted by atomic mass is 9.86. The molecule has 0 saturated carbocycles. The third kappa shape index (κ3) is 1.45. The molecule has 0 aromatic heterocycles. The van der Waals surface area contributed by atoms with Crippen LogP contribution in [0.3, 0.4) is 0 Å². The van der Waals surface area contributed by atoms with Gasteiger partial charge in [-0.2, -0.15) is 0 Å². The van der Waals surface area contributed by atoms with E-state index >= 15 is 0 Å². The summed E-state index contributed by atoms with van der Waals surface area (Å²) >= 11 is 0. The zero-order valence-corrected chi connectivity index (χ0v) is 9.10. The molecule has 0 amide bonds. The highest BCUT2D eigenvalue weighted by molar-refractivity contribution is 7.93. The van der Waals surface area contributed by atoms with Crippen molar-refractivity contribution in [1.82, 2.24) is 0 Å². The monoisotopic (exact) mass is 218 g/mol. The Morgan fingerprint density at radius 2 is 2.00 bits per heavy atom. The van der Waals surface area contributed by atoms with Crippen molar-refractivity contribution in [2.45, 2.75) is 25.0 Å². The minimum atomic E-state index is -3.18. The summed E-state index contributed by atoms with van der Waals surface area (Å²) in [5.41, 5.74) is -0.00363. The SMILES string of the molecule is C=C(C(=O)O)C1CCS(=O)(=O)C1(C)C. The molecule has 1 heterocycles. The highest BCUT2D eigenvalue weighted by Crippen LogP contribution is 2.40. The van der Waals surface area contributed by atoms with Crippen LogP contribution in [0.2, 0.25) is 0 Å². The van der Waals surface area contributed by atoms with Crippen LogP contribution in [0.25, 0.3) is 0 Å². The quantitative estimate of drug-likeness (QED) is 0.697. The van der Waals surface area contributed by atoms with Gasteiger partial charge in [-0.05, 0) is 20.3 Å². The van der Waals surface area contributed by atoms with Gasteiger partial charge in [0.15, 0.2) is 9.84 Å². The minimum Gasteiger partial charge on any atom is -0.478 e. The number of aliphatic carboxylic acids is 1. The summed E-state index contributed by atoms with van der Waals surface area (Å²) in [4.78, 5) is 10.7. The Bertz CT molecular complexity index is 378. The molecule has 1 N–H and O–H groups in total. The predicted molar refractivity (Wildman–Crippen MR) is 52.7 cm³/mol. The Hall–Kier alpha value is -0.840. The van der Waals surface area contributed by atoms with Gasteiger partial charge in [-0.1, -0.05) is 6.58 Å². The molecule has 80 valence electrons. The van der Waals surface area contributed by atoms with Gasteiger partial charge in [0.05, 0.1) is 10.5 Å². The van der Waals surface area contributed by atoms with E-state index in [9.17, 15) is 13.2 Å². The van der Waals surface area contributed by atoms with Crippen molar-refractivity contribution in [3.05, 3.63) is 12.2 Å². The first-order valence-corrected chi connectivity index (χ1v) is 6.00. The van der Waals surface area contributed by atoms with Crippen molar-refractivity contribution in [2.75, 3.05) is 5.75 Å². The number of carboxylic acids is 1. The molecule has 1 unspecified atom stereocenters. The van der Waals surface area contributed by atoms with Crippen LogP contribution in [0.1, 0.15) is 20.3 Å². The maximum atomic E-state index is 11.6. The van der Waals surface area contributed by atoms with Crippen LogP contribution in [-0.2, 0) is 14.6 Å². The van der Waals surface area contributed by atoms with Crippen LogP contribution < -0.4 is 0 Å². The van der Waals surface area contributed by atoms with Crippen molar-refractivity contribution in [2.24, 2.45) is 5.92 Å². The van der Waals surface area contributed by atoms with E-state index in [0.717, 1.165) is 0 Å². The van der Waals surface area contributed by atoms with Crippen LogP contribution in [0.4, 0.5) is 0 Å². The third-order valence-electron chi connectivity index (χ3n) is 3.01. The first kappa shape index (κ1) is 11.2. The van der Waals surface area contributed by atoms with Gasteiger partial charge in [-0.25, -0.2) is 13.2 Å². The van der Waals surface area contributed by atoms with Gasteiger partial charge in [-0.3, -0.25) is 0 Å². The highest BCUT2D eigenvalue weighted by atomic mass is 32.2. The summed E-state index contributed by atoms with van der Waals surface area (Å²) in [6.07, 6.45) is 0.362.